The molecule has 2 heterocycles. The van der Waals surface area contributed by atoms with Crippen LogP contribution in [0.5, 0.6) is 17.2 Å². The molecule has 29 heavy (non-hydrogen) atoms. The molecular formula is C23H17NO5. The lowest BCUT2D eigenvalue weighted by molar-refractivity contribution is -0.384. The van der Waals surface area contributed by atoms with Crippen molar-refractivity contribution in [2.24, 2.45) is 0 Å². The molecule has 1 unspecified atom stereocenters. The van der Waals surface area contributed by atoms with Crippen LogP contribution in [-0.4, -0.2) is 17.8 Å². The van der Waals surface area contributed by atoms with Crippen LogP contribution in [0.2, 0.25) is 0 Å². The van der Waals surface area contributed by atoms with Gasteiger partial charge >= 0.3 is 0 Å². The maximum Gasteiger partial charge on any atom is 0.294 e. The lowest BCUT2D eigenvalue weighted by Gasteiger charge is -2.39. The topological polar surface area (TPSA) is 70.8 Å². The summed E-state index contributed by atoms with van der Waals surface area (Å²) in [5.74, 6) is 0.854. The Hall–Kier alpha value is -3.80. The first-order valence-corrected chi connectivity index (χ1v) is 9.15. The zero-order chi connectivity index (χ0) is 20.2. The van der Waals surface area contributed by atoms with Crippen molar-refractivity contribution in [1.29, 1.82) is 0 Å². The van der Waals surface area contributed by atoms with Crippen LogP contribution in [0.3, 0.4) is 0 Å². The molecule has 3 aromatic rings. The second-order valence-corrected chi connectivity index (χ2v) is 7.05. The highest BCUT2D eigenvalue weighted by molar-refractivity contribution is 5.95. The maximum absolute atomic E-state index is 11.1. The Labute approximate surface area is 166 Å². The highest BCUT2D eigenvalue weighted by atomic mass is 16.7. The summed E-state index contributed by atoms with van der Waals surface area (Å²) in [6.45, 7) is 1.94. The number of hydrogen-bond acceptors (Lipinski definition) is 5. The number of nitrogens with zero attached hydrogens (tertiary/aromatic N) is 1. The van der Waals surface area contributed by atoms with Gasteiger partial charge in [-0.05, 0) is 48.0 Å². The molecule has 1 atom stereocenters. The van der Waals surface area contributed by atoms with Crippen molar-refractivity contribution < 1.29 is 19.1 Å². The predicted octanol–water partition coefficient (Wildman–Crippen LogP) is 5.35. The van der Waals surface area contributed by atoms with Gasteiger partial charge in [0.15, 0.2) is 11.5 Å². The minimum atomic E-state index is -1.07. The SMILES string of the molecule is COc1cccc2c1OC1(C=C2)Oc2ccc3cc([N+](=O)[O-])ccc3c2C=C1C. The number of nitro groups is 1. The van der Waals surface area contributed by atoms with E-state index in [4.69, 9.17) is 14.2 Å². The summed E-state index contributed by atoms with van der Waals surface area (Å²) in [6.07, 6.45) is 5.87. The van der Waals surface area contributed by atoms with Gasteiger partial charge in [-0.15, -0.1) is 0 Å². The molecule has 6 heteroatoms. The number of nitro benzene ring substituents is 1. The van der Waals surface area contributed by atoms with Crippen LogP contribution in [0.4, 0.5) is 5.69 Å². The molecule has 3 aromatic carbocycles. The third-order valence-electron chi connectivity index (χ3n) is 5.35. The van der Waals surface area contributed by atoms with Gasteiger partial charge in [-0.3, -0.25) is 10.1 Å². The Kier molecular flexibility index (Phi) is 3.64. The van der Waals surface area contributed by atoms with Gasteiger partial charge in [-0.25, -0.2) is 0 Å². The highest BCUT2D eigenvalue weighted by Crippen LogP contribution is 2.46. The number of para-hydroxylation sites is 1. The van der Waals surface area contributed by atoms with E-state index < -0.39 is 10.7 Å². The molecular weight excluding hydrogens is 370 g/mol. The third kappa shape index (κ3) is 2.56. The fraction of sp³-hybridized carbons (Fsp3) is 0.130. The quantitative estimate of drug-likeness (QED) is 0.438. The third-order valence-corrected chi connectivity index (χ3v) is 5.35. The average molecular weight is 387 g/mol. The Morgan fingerprint density at radius 2 is 1.97 bits per heavy atom. The number of ether oxygens (including phenoxy) is 3. The van der Waals surface area contributed by atoms with Crippen molar-refractivity contribution in [3.05, 3.63) is 81.4 Å². The molecule has 2 aliphatic rings. The van der Waals surface area contributed by atoms with Crippen LogP contribution in [0.25, 0.3) is 22.9 Å². The first kappa shape index (κ1) is 17.3. The molecule has 6 nitrogen and oxygen atoms in total. The molecule has 0 N–H and O–H groups in total. The fourth-order valence-corrected chi connectivity index (χ4v) is 3.82. The number of methoxy groups -OCH3 is 1. The van der Waals surface area contributed by atoms with Gasteiger partial charge in [0.25, 0.3) is 11.5 Å². The number of rotatable bonds is 2. The van der Waals surface area contributed by atoms with Gasteiger partial charge in [0.1, 0.15) is 5.75 Å². The Morgan fingerprint density at radius 1 is 1.10 bits per heavy atom. The zero-order valence-corrected chi connectivity index (χ0v) is 15.8. The van der Waals surface area contributed by atoms with Gasteiger partial charge in [0, 0.05) is 34.9 Å². The Morgan fingerprint density at radius 3 is 2.76 bits per heavy atom. The molecule has 5 rings (SSSR count). The van der Waals surface area contributed by atoms with E-state index in [1.807, 2.05) is 55.5 Å². The summed E-state index contributed by atoms with van der Waals surface area (Å²) < 4.78 is 18.1. The average Bonchev–Trinajstić information content (AvgIpc) is 2.73. The van der Waals surface area contributed by atoms with Gasteiger partial charge in [0.2, 0.25) is 0 Å². The lowest BCUT2D eigenvalue weighted by Crippen LogP contribution is -2.44. The van der Waals surface area contributed by atoms with E-state index in [0.29, 0.717) is 17.2 Å². The monoisotopic (exact) mass is 387 g/mol. The molecule has 0 saturated carbocycles. The second-order valence-electron chi connectivity index (χ2n) is 7.05. The molecule has 0 amide bonds. The first-order valence-electron chi connectivity index (χ1n) is 9.15. The van der Waals surface area contributed by atoms with E-state index >= 15 is 0 Å². The Bertz CT molecular complexity index is 1240. The summed E-state index contributed by atoms with van der Waals surface area (Å²) in [4.78, 5) is 10.7. The highest BCUT2D eigenvalue weighted by Gasteiger charge is 2.41. The van der Waals surface area contributed by atoms with Crippen molar-refractivity contribution in [3.63, 3.8) is 0 Å². The smallest absolute Gasteiger partial charge is 0.294 e. The summed E-state index contributed by atoms with van der Waals surface area (Å²) in [6, 6.07) is 14.2. The van der Waals surface area contributed by atoms with E-state index in [9.17, 15) is 10.1 Å². The fourth-order valence-electron chi connectivity index (χ4n) is 3.82. The minimum Gasteiger partial charge on any atom is -0.493 e. The molecule has 0 aliphatic carbocycles. The van der Waals surface area contributed by atoms with E-state index in [2.05, 4.69) is 0 Å². The number of non-ortho nitro benzene ring substituents is 1. The predicted molar refractivity (Wildman–Crippen MR) is 110 cm³/mol. The van der Waals surface area contributed by atoms with Gasteiger partial charge in [0.05, 0.1) is 12.0 Å². The van der Waals surface area contributed by atoms with Gasteiger partial charge in [-0.2, -0.15) is 0 Å². The first-order chi connectivity index (χ1) is 14.0. The van der Waals surface area contributed by atoms with Crippen molar-refractivity contribution >= 4 is 28.6 Å². The molecule has 2 aliphatic heterocycles. The summed E-state index contributed by atoms with van der Waals surface area (Å²) in [5.41, 5.74) is 2.73. The number of hydrogen-bond donors (Lipinski definition) is 0. The van der Waals surface area contributed by atoms with Crippen molar-refractivity contribution in [3.8, 4) is 17.2 Å². The van der Waals surface area contributed by atoms with Gasteiger partial charge < -0.3 is 14.2 Å². The van der Waals surface area contributed by atoms with Crippen LogP contribution in [-0.2, 0) is 0 Å². The molecule has 0 saturated heterocycles. The lowest BCUT2D eigenvalue weighted by atomic mass is 9.93. The van der Waals surface area contributed by atoms with Crippen molar-refractivity contribution in [2.75, 3.05) is 7.11 Å². The van der Waals surface area contributed by atoms with Crippen molar-refractivity contribution in [1.82, 2.24) is 0 Å². The van der Waals surface area contributed by atoms with Crippen LogP contribution < -0.4 is 14.2 Å². The standard InChI is InChI=1S/C23H17NO5/c1-14-12-19-18-8-7-17(24(25)26)13-16(18)6-9-20(19)28-23(14)11-10-15-4-3-5-21(27-2)22(15)29-23/h3-13H,1-2H3. The van der Waals surface area contributed by atoms with Crippen molar-refractivity contribution in [2.45, 2.75) is 12.7 Å². The summed E-state index contributed by atoms with van der Waals surface area (Å²) in [5, 5.41) is 12.8. The second kappa shape index (κ2) is 6.10. The van der Waals surface area contributed by atoms with E-state index in [1.165, 1.54) is 6.07 Å². The number of fused-ring (bicyclic) bond motifs is 4. The van der Waals surface area contributed by atoms with Crippen LogP contribution in [0.1, 0.15) is 18.1 Å². The van der Waals surface area contributed by atoms with Crippen LogP contribution >= 0.6 is 0 Å². The van der Waals surface area contributed by atoms with Gasteiger partial charge in [-0.1, -0.05) is 18.2 Å². The van der Waals surface area contributed by atoms with Crippen LogP contribution in [0.15, 0.2) is 60.2 Å². The molecule has 0 aromatic heterocycles. The Balaban J connectivity index is 1.62. The van der Waals surface area contributed by atoms with E-state index in [1.54, 1.807) is 19.2 Å². The van der Waals surface area contributed by atoms with E-state index in [-0.39, 0.29) is 5.69 Å². The molecule has 1 spiro atoms. The van der Waals surface area contributed by atoms with Crippen LogP contribution in [0, 0.1) is 10.1 Å². The maximum atomic E-state index is 11.1. The zero-order valence-electron chi connectivity index (χ0n) is 15.8. The summed E-state index contributed by atoms with van der Waals surface area (Å²) in [7, 11) is 1.61. The largest absolute Gasteiger partial charge is 0.493 e. The molecule has 0 bridgehead atoms. The molecule has 144 valence electrons. The number of benzene rings is 3. The normalized spacial score (nSPS) is 19.0. The minimum absolute atomic E-state index is 0.0635. The van der Waals surface area contributed by atoms with E-state index in [0.717, 1.165) is 27.5 Å². The molecule has 0 fully saturated rings. The molecule has 0 radical (unpaired) electrons. The summed E-state index contributed by atoms with van der Waals surface area (Å²) >= 11 is 0.